The molecule has 2 aromatic rings. The predicted molar refractivity (Wildman–Crippen MR) is 124 cm³/mol. The molecule has 0 aliphatic rings. The number of aryl methyl sites for hydroxylation is 1. The molecule has 7 nitrogen and oxygen atoms in total. The van der Waals surface area contributed by atoms with Crippen molar-refractivity contribution < 1.29 is 17.9 Å². The summed E-state index contributed by atoms with van der Waals surface area (Å²) in [5.41, 5.74) is 1.28. The van der Waals surface area contributed by atoms with Gasteiger partial charge in [0.1, 0.15) is 10.9 Å². The van der Waals surface area contributed by atoms with Crippen molar-refractivity contribution in [1.82, 2.24) is 9.29 Å². The van der Waals surface area contributed by atoms with E-state index in [1.807, 2.05) is 13.8 Å². The first-order valence-corrected chi connectivity index (χ1v) is 12.1. The lowest BCUT2D eigenvalue weighted by Gasteiger charge is -2.20. The predicted octanol–water partition coefficient (Wildman–Crippen LogP) is 4.70. The van der Waals surface area contributed by atoms with Crippen LogP contribution in [0.5, 0.6) is 5.75 Å². The Morgan fingerprint density at radius 1 is 1.19 bits per heavy atom. The van der Waals surface area contributed by atoms with Gasteiger partial charge in [-0.3, -0.25) is 4.79 Å². The van der Waals surface area contributed by atoms with E-state index in [1.54, 1.807) is 32.9 Å². The van der Waals surface area contributed by atoms with Crippen molar-refractivity contribution in [3.63, 3.8) is 0 Å². The summed E-state index contributed by atoms with van der Waals surface area (Å²) in [6, 6.07) is 6.04. The zero-order valence-electron chi connectivity index (χ0n) is 18.2. The number of amides is 1. The molecule has 0 unspecified atom stereocenters. The van der Waals surface area contributed by atoms with Gasteiger partial charge in [-0.2, -0.15) is 4.31 Å². The van der Waals surface area contributed by atoms with Gasteiger partial charge in [0, 0.05) is 29.4 Å². The molecule has 0 saturated carbocycles. The number of halogens is 2. The van der Waals surface area contributed by atoms with E-state index in [0.717, 1.165) is 0 Å². The largest absolute Gasteiger partial charge is 0.489 e. The van der Waals surface area contributed by atoms with E-state index in [4.69, 9.17) is 27.9 Å². The third-order valence-electron chi connectivity index (χ3n) is 4.42. The molecule has 0 atom stereocenters. The van der Waals surface area contributed by atoms with Gasteiger partial charge in [0.05, 0.1) is 23.1 Å². The fraction of sp³-hybridized carbons (Fsp3) is 0.429. The van der Waals surface area contributed by atoms with Crippen molar-refractivity contribution in [1.29, 1.82) is 0 Å². The Bertz CT molecular complexity index is 1030. The van der Waals surface area contributed by atoms with Crippen LogP contribution < -0.4 is 10.1 Å². The van der Waals surface area contributed by atoms with Crippen LogP contribution in [-0.4, -0.2) is 42.8 Å². The average Bonchev–Trinajstić information content (AvgIpc) is 2.66. The Kier molecular flexibility index (Phi) is 8.71. The lowest BCUT2D eigenvalue weighted by Crippen LogP contribution is -2.30. The molecule has 2 rings (SSSR count). The molecule has 1 N–H and O–H groups in total. The molecule has 1 amide bonds. The maximum absolute atomic E-state index is 12.9. The molecule has 0 aliphatic carbocycles. The van der Waals surface area contributed by atoms with Crippen LogP contribution in [0.3, 0.4) is 0 Å². The summed E-state index contributed by atoms with van der Waals surface area (Å²) in [5.74, 6) is -0.0680. The van der Waals surface area contributed by atoms with Gasteiger partial charge in [-0.15, -0.1) is 0 Å². The van der Waals surface area contributed by atoms with Crippen molar-refractivity contribution in [2.24, 2.45) is 0 Å². The molecule has 1 heterocycles. The monoisotopic (exact) mass is 487 g/mol. The highest BCUT2D eigenvalue weighted by Gasteiger charge is 2.24. The Labute approximate surface area is 193 Å². The van der Waals surface area contributed by atoms with Gasteiger partial charge < -0.3 is 10.1 Å². The minimum absolute atomic E-state index is 0.0654. The van der Waals surface area contributed by atoms with Crippen molar-refractivity contribution >= 4 is 44.8 Å². The lowest BCUT2D eigenvalue weighted by molar-refractivity contribution is -0.115. The highest BCUT2D eigenvalue weighted by Crippen LogP contribution is 2.31. The minimum atomic E-state index is -3.71. The standard InChI is InChI=1S/C21H27Cl2N3O4S/c1-6-26(7-2)31(28,29)15-8-9-19(30-13(3)4)18(11-15)25-20(27)12-16-17(22)10-14(5)24-21(16)23/h8-11,13H,6-7,12H2,1-5H3,(H,25,27). The first kappa shape index (κ1) is 25.4. The molecule has 0 fully saturated rings. The van der Waals surface area contributed by atoms with Gasteiger partial charge in [-0.25, -0.2) is 13.4 Å². The number of hydrogen-bond acceptors (Lipinski definition) is 5. The van der Waals surface area contributed by atoms with Crippen molar-refractivity contribution in [2.45, 2.75) is 52.0 Å². The smallest absolute Gasteiger partial charge is 0.243 e. The van der Waals surface area contributed by atoms with Crippen molar-refractivity contribution in [3.8, 4) is 5.75 Å². The Hall–Kier alpha value is -1.87. The number of hydrogen-bond donors (Lipinski definition) is 1. The van der Waals surface area contributed by atoms with Gasteiger partial charge in [-0.1, -0.05) is 37.0 Å². The van der Waals surface area contributed by atoms with Gasteiger partial charge >= 0.3 is 0 Å². The summed E-state index contributed by atoms with van der Waals surface area (Å²) >= 11 is 12.4. The van der Waals surface area contributed by atoms with E-state index >= 15 is 0 Å². The molecular weight excluding hydrogens is 461 g/mol. The Morgan fingerprint density at radius 3 is 2.39 bits per heavy atom. The second kappa shape index (κ2) is 10.6. The zero-order chi connectivity index (χ0) is 23.3. The molecular formula is C21H27Cl2N3O4S. The number of nitrogens with one attached hydrogen (secondary N) is 1. The van der Waals surface area contributed by atoms with Gasteiger partial charge in [0.2, 0.25) is 15.9 Å². The Balaban J connectivity index is 2.40. The maximum Gasteiger partial charge on any atom is 0.243 e. The van der Waals surface area contributed by atoms with Gasteiger partial charge in [-0.05, 0) is 45.0 Å². The van der Waals surface area contributed by atoms with Gasteiger partial charge in [0.15, 0.2) is 0 Å². The number of benzene rings is 1. The van der Waals surface area contributed by atoms with E-state index in [-0.39, 0.29) is 28.3 Å². The lowest BCUT2D eigenvalue weighted by atomic mass is 10.2. The normalized spacial score (nSPS) is 11.8. The fourth-order valence-electron chi connectivity index (χ4n) is 2.97. The van der Waals surface area contributed by atoms with Crippen LogP contribution in [0.1, 0.15) is 39.0 Å². The summed E-state index contributed by atoms with van der Waals surface area (Å²) in [6.07, 6.45) is -0.301. The first-order chi connectivity index (χ1) is 14.5. The molecule has 1 aromatic heterocycles. The molecule has 1 aromatic carbocycles. The van der Waals surface area contributed by atoms with E-state index in [0.29, 0.717) is 35.1 Å². The number of rotatable bonds is 9. The van der Waals surface area contributed by atoms with E-state index in [2.05, 4.69) is 10.3 Å². The topological polar surface area (TPSA) is 88.6 Å². The fourth-order valence-corrected chi connectivity index (χ4v) is 5.12. The van der Waals surface area contributed by atoms with Gasteiger partial charge in [0.25, 0.3) is 0 Å². The van der Waals surface area contributed by atoms with E-state index < -0.39 is 15.9 Å². The maximum atomic E-state index is 12.9. The first-order valence-electron chi connectivity index (χ1n) is 9.91. The zero-order valence-corrected chi connectivity index (χ0v) is 20.5. The summed E-state index contributed by atoms with van der Waals surface area (Å²) in [7, 11) is -3.71. The molecule has 31 heavy (non-hydrogen) atoms. The van der Waals surface area contributed by atoms with Crippen LogP contribution in [0.15, 0.2) is 29.2 Å². The van der Waals surface area contributed by atoms with Crippen LogP contribution >= 0.6 is 23.2 Å². The van der Waals surface area contributed by atoms with Crippen LogP contribution in [0.25, 0.3) is 0 Å². The van der Waals surface area contributed by atoms with Crippen LogP contribution in [0, 0.1) is 6.92 Å². The molecule has 0 saturated heterocycles. The Morgan fingerprint density at radius 2 is 1.84 bits per heavy atom. The number of carbonyl (C=O) groups is 1. The summed E-state index contributed by atoms with van der Waals surface area (Å²) in [4.78, 5) is 16.9. The number of aromatic nitrogens is 1. The molecule has 10 heteroatoms. The van der Waals surface area contributed by atoms with Crippen LogP contribution in [0.4, 0.5) is 5.69 Å². The van der Waals surface area contributed by atoms with Crippen molar-refractivity contribution in [3.05, 3.63) is 45.7 Å². The number of pyridine rings is 1. The number of sulfonamides is 1. The quantitative estimate of drug-likeness (QED) is 0.517. The number of ether oxygens (including phenoxy) is 1. The highest BCUT2D eigenvalue weighted by atomic mass is 35.5. The molecule has 0 spiro atoms. The highest BCUT2D eigenvalue weighted by molar-refractivity contribution is 7.89. The molecule has 0 radical (unpaired) electrons. The summed E-state index contributed by atoms with van der Waals surface area (Å²) in [5, 5.41) is 3.22. The number of carbonyl (C=O) groups excluding carboxylic acids is 1. The average molecular weight is 488 g/mol. The molecule has 0 bridgehead atoms. The van der Waals surface area contributed by atoms with E-state index in [9.17, 15) is 13.2 Å². The number of anilines is 1. The molecule has 0 aliphatic heterocycles. The third kappa shape index (κ3) is 6.32. The van der Waals surface area contributed by atoms with Crippen molar-refractivity contribution in [2.75, 3.05) is 18.4 Å². The van der Waals surface area contributed by atoms with Crippen LogP contribution in [0.2, 0.25) is 10.2 Å². The molecule has 170 valence electrons. The SMILES string of the molecule is CCN(CC)S(=O)(=O)c1ccc(OC(C)C)c(NC(=O)Cc2c(Cl)cc(C)nc2Cl)c1. The summed E-state index contributed by atoms with van der Waals surface area (Å²) < 4.78 is 32.9. The third-order valence-corrected chi connectivity index (χ3v) is 7.11. The second-order valence-electron chi connectivity index (χ2n) is 7.15. The minimum Gasteiger partial charge on any atom is -0.489 e. The second-order valence-corrected chi connectivity index (χ2v) is 9.86. The number of nitrogens with zero attached hydrogens (tertiary/aromatic N) is 2. The van der Waals surface area contributed by atoms with E-state index in [1.165, 1.54) is 16.4 Å². The van der Waals surface area contributed by atoms with Crippen LogP contribution in [-0.2, 0) is 21.2 Å². The summed E-state index contributed by atoms with van der Waals surface area (Å²) in [6.45, 7) is 9.63.